The summed E-state index contributed by atoms with van der Waals surface area (Å²) in [6.07, 6.45) is 4.29. The SMILES string of the molecule is COc1ccc2c(NC3(C)CC3)nccc2c1. The maximum atomic E-state index is 5.23. The van der Waals surface area contributed by atoms with Gasteiger partial charge in [-0.25, -0.2) is 4.98 Å². The number of nitrogens with zero attached hydrogens (tertiary/aromatic N) is 1. The Balaban J connectivity index is 2.06. The van der Waals surface area contributed by atoms with Gasteiger partial charge in [0.1, 0.15) is 11.6 Å². The largest absolute Gasteiger partial charge is 0.497 e. The molecule has 1 aromatic heterocycles. The zero-order chi connectivity index (χ0) is 11.9. The fourth-order valence-electron chi connectivity index (χ4n) is 1.98. The fourth-order valence-corrected chi connectivity index (χ4v) is 1.98. The van der Waals surface area contributed by atoms with E-state index in [1.165, 1.54) is 12.8 Å². The van der Waals surface area contributed by atoms with Gasteiger partial charge in [0.25, 0.3) is 0 Å². The number of rotatable bonds is 3. The van der Waals surface area contributed by atoms with Gasteiger partial charge in [-0.2, -0.15) is 0 Å². The number of aromatic nitrogens is 1. The van der Waals surface area contributed by atoms with Crippen LogP contribution >= 0.6 is 0 Å². The zero-order valence-electron chi connectivity index (χ0n) is 10.2. The number of hydrogen-bond acceptors (Lipinski definition) is 3. The van der Waals surface area contributed by atoms with Crippen LogP contribution in [-0.2, 0) is 0 Å². The van der Waals surface area contributed by atoms with Gasteiger partial charge in [0.2, 0.25) is 0 Å². The van der Waals surface area contributed by atoms with Gasteiger partial charge in [-0.05, 0) is 49.4 Å². The van der Waals surface area contributed by atoms with E-state index in [-0.39, 0.29) is 5.54 Å². The minimum absolute atomic E-state index is 0.251. The highest BCUT2D eigenvalue weighted by Crippen LogP contribution is 2.39. The molecule has 3 rings (SSSR count). The predicted octanol–water partition coefficient (Wildman–Crippen LogP) is 3.21. The number of anilines is 1. The molecule has 0 spiro atoms. The highest BCUT2D eigenvalue weighted by Gasteiger charge is 2.37. The molecule has 0 saturated heterocycles. The van der Waals surface area contributed by atoms with Crippen LogP contribution in [0, 0.1) is 0 Å². The molecule has 17 heavy (non-hydrogen) atoms. The van der Waals surface area contributed by atoms with Gasteiger partial charge in [0.05, 0.1) is 7.11 Å². The van der Waals surface area contributed by atoms with Gasteiger partial charge in [0.15, 0.2) is 0 Å². The van der Waals surface area contributed by atoms with Gasteiger partial charge in [0, 0.05) is 17.1 Å². The molecular weight excluding hydrogens is 212 g/mol. The number of fused-ring (bicyclic) bond motifs is 1. The second-order valence-corrected chi connectivity index (χ2v) is 4.93. The van der Waals surface area contributed by atoms with E-state index in [0.717, 1.165) is 22.3 Å². The average Bonchev–Trinajstić information content (AvgIpc) is 3.06. The maximum absolute atomic E-state index is 5.23. The van der Waals surface area contributed by atoms with Crippen LogP contribution in [0.15, 0.2) is 30.5 Å². The van der Waals surface area contributed by atoms with E-state index in [1.807, 2.05) is 24.4 Å². The third-order valence-electron chi connectivity index (χ3n) is 3.39. The smallest absolute Gasteiger partial charge is 0.134 e. The summed E-state index contributed by atoms with van der Waals surface area (Å²) in [4.78, 5) is 4.44. The van der Waals surface area contributed by atoms with Crippen molar-refractivity contribution in [3.63, 3.8) is 0 Å². The lowest BCUT2D eigenvalue weighted by Crippen LogP contribution is -2.16. The maximum Gasteiger partial charge on any atom is 0.134 e. The topological polar surface area (TPSA) is 34.1 Å². The van der Waals surface area contributed by atoms with Crippen molar-refractivity contribution in [3.8, 4) is 5.75 Å². The molecule has 3 heteroatoms. The van der Waals surface area contributed by atoms with Crippen molar-refractivity contribution >= 4 is 16.6 Å². The Hall–Kier alpha value is -1.77. The molecular formula is C14H16N2O. The van der Waals surface area contributed by atoms with E-state index in [0.29, 0.717) is 0 Å². The molecule has 0 bridgehead atoms. The molecule has 1 N–H and O–H groups in total. The fraction of sp³-hybridized carbons (Fsp3) is 0.357. The summed E-state index contributed by atoms with van der Waals surface area (Å²) < 4.78 is 5.23. The molecule has 0 atom stereocenters. The van der Waals surface area contributed by atoms with Crippen LogP contribution < -0.4 is 10.1 Å². The van der Waals surface area contributed by atoms with Gasteiger partial charge < -0.3 is 10.1 Å². The summed E-state index contributed by atoms with van der Waals surface area (Å²) in [5, 5.41) is 5.83. The molecule has 0 amide bonds. The Morgan fingerprint density at radius 2 is 2.12 bits per heavy atom. The number of methoxy groups -OCH3 is 1. The summed E-state index contributed by atoms with van der Waals surface area (Å²) in [6.45, 7) is 2.23. The minimum Gasteiger partial charge on any atom is -0.497 e. The molecule has 0 aliphatic heterocycles. The third kappa shape index (κ3) is 1.93. The molecule has 1 aliphatic carbocycles. The van der Waals surface area contributed by atoms with Crippen LogP contribution in [-0.4, -0.2) is 17.6 Å². The molecule has 1 fully saturated rings. The van der Waals surface area contributed by atoms with E-state index >= 15 is 0 Å². The van der Waals surface area contributed by atoms with Crippen molar-refractivity contribution in [2.24, 2.45) is 0 Å². The van der Waals surface area contributed by atoms with E-state index in [2.05, 4.69) is 23.3 Å². The van der Waals surface area contributed by atoms with E-state index in [9.17, 15) is 0 Å². The minimum atomic E-state index is 0.251. The molecule has 3 nitrogen and oxygen atoms in total. The van der Waals surface area contributed by atoms with Crippen molar-refractivity contribution in [1.82, 2.24) is 4.98 Å². The standard InChI is InChI=1S/C14H16N2O/c1-14(6-7-14)16-13-12-4-3-11(17-2)9-10(12)5-8-15-13/h3-5,8-9H,6-7H2,1-2H3,(H,15,16). The lowest BCUT2D eigenvalue weighted by atomic mass is 10.1. The molecule has 1 aromatic carbocycles. The first-order valence-corrected chi connectivity index (χ1v) is 5.91. The van der Waals surface area contributed by atoms with Crippen molar-refractivity contribution < 1.29 is 4.74 Å². The van der Waals surface area contributed by atoms with Crippen LogP contribution in [0.5, 0.6) is 5.75 Å². The summed E-state index contributed by atoms with van der Waals surface area (Å²) in [7, 11) is 1.69. The number of benzene rings is 1. The molecule has 0 unspecified atom stereocenters. The zero-order valence-corrected chi connectivity index (χ0v) is 10.2. The van der Waals surface area contributed by atoms with Gasteiger partial charge in [-0.1, -0.05) is 0 Å². The summed E-state index contributed by atoms with van der Waals surface area (Å²) >= 11 is 0. The quantitative estimate of drug-likeness (QED) is 0.876. The van der Waals surface area contributed by atoms with Crippen molar-refractivity contribution in [3.05, 3.63) is 30.5 Å². The van der Waals surface area contributed by atoms with Crippen molar-refractivity contribution in [2.75, 3.05) is 12.4 Å². The summed E-state index contributed by atoms with van der Waals surface area (Å²) in [5.74, 6) is 1.86. The molecule has 1 heterocycles. The van der Waals surface area contributed by atoms with E-state index < -0.39 is 0 Å². The second kappa shape index (κ2) is 3.62. The van der Waals surface area contributed by atoms with Gasteiger partial charge in [-0.3, -0.25) is 0 Å². The van der Waals surface area contributed by atoms with Crippen LogP contribution in [0.25, 0.3) is 10.8 Å². The number of pyridine rings is 1. The van der Waals surface area contributed by atoms with Crippen LogP contribution in [0.4, 0.5) is 5.82 Å². The van der Waals surface area contributed by atoms with Crippen LogP contribution in [0.3, 0.4) is 0 Å². The molecule has 1 aliphatic rings. The lowest BCUT2D eigenvalue weighted by Gasteiger charge is -2.14. The number of nitrogens with one attached hydrogen (secondary N) is 1. The second-order valence-electron chi connectivity index (χ2n) is 4.93. The Morgan fingerprint density at radius 3 is 2.82 bits per heavy atom. The van der Waals surface area contributed by atoms with Gasteiger partial charge in [-0.15, -0.1) is 0 Å². The van der Waals surface area contributed by atoms with E-state index in [4.69, 9.17) is 4.74 Å². The van der Waals surface area contributed by atoms with Crippen molar-refractivity contribution in [1.29, 1.82) is 0 Å². The molecule has 1 saturated carbocycles. The highest BCUT2D eigenvalue weighted by molar-refractivity contribution is 5.92. The molecule has 2 aromatic rings. The first kappa shape index (κ1) is 10.4. The normalized spacial score (nSPS) is 16.8. The number of hydrogen-bond donors (Lipinski definition) is 1. The third-order valence-corrected chi connectivity index (χ3v) is 3.39. The van der Waals surface area contributed by atoms with Crippen LogP contribution in [0.1, 0.15) is 19.8 Å². The first-order chi connectivity index (χ1) is 8.20. The average molecular weight is 228 g/mol. The Labute approximate surface area is 101 Å². The van der Waals surface area contributed by atoms with E-state index in [1.54, 1.807) is 7.11 Å². The molecule has 88 valence electrons. The Bertz CT molecular complexity index is 561. The summed E-state index contributed by atoms with van der Waals surface area (Å²) in [6, 6.07) is 8.09. The molecule has 0 radical (unpaired) electrons. The van der Waals surface area contributed by atoms with Crippen molar-refractivity contribution in [2.45, 2.75) is 25.3 Å². The lowest BCUT2D eigenvalue weighted by molar-refractivity contribution is 0.415. The Morgan fingerprint density at radius 1 is 1.29 bits per heavy atom. The first-order valence-electron chi connectivity index (χ1n) is 5.91. The summed E-state index contributed by atoms with van der Waals surface area (Å²) in [5.41, 5.74) is 0.251. The monoisotopic (exact) mass is 228 g/mol. The number of ether oxygens (including phenoxy) is 1. The van der Waals surface area contributed by atoms with Gasteiger partial charge >= 0.3 is 0 Å². The Kier molecular flexibility index (Phi) is 2.21. The predicted molar refractivity (Wildman–Crippen MR) is 69.6 cm³/mol. The highest BCUT2D eigenvalue weighted by atomic mass is 16.5. The van der Waals surface area contributed by atoms with Crippen LogP contribution in [0.2, 0.25) is 0 Å².